The zero-order valence-corrected chi connectivity index (χ0v) is 7.92. The molecular weight excluding hydrogens is 178 g/mol. The van der Waals surface area contributed by atoms with Crippen molar-refractivity contribution >= 4 is 11.4 Å². The average Bonchev–Trinajstić information content (AvgIpc) is 1.87. The predicted molar refractivity (Wildman–Crippen MR) is 50.6 cm³/mol. The van der Waals surface area contributed by atoms with Crippen LogP contribution in [0, 0.1) is 0 Å². The first-order valence-electron chi connectivity index (χ1n) is 3.23. The molecule has 1 unspecified atom stereocenters. The maximum Gasteiger partial charge on any atom is 1.00 e. The molecule has 0 heterocycles. The van der Waals surface area contributed by atoms with Gasteiger partial charge in [0.15, 0.2) is 0 Å². The standard InChI is InChI=1S/C7H13N.H2O3S/c1-4-6-8(3)7-5-2;1-4(2)3/h4-5H,1-2,6-7H2,3H3;(H2,1,2,3). The number of hydrogen-bond acceptors (Lipinski definition) is 3. The molecule has 0 radical (unpaired) electrons. The molecule has 0 fully saturated rings. The van der Waals surface area contributed by atoms with Gasteiger partial charge in [-0.2, -0.15) is 0 Å². The van der Waals surface area contributed by atoms with Crippen LogP contribution in [0.1, 0.15) is 1.43 Å². The van der Waals surface area contributed by atoms with Crippen LogP contribution in [0.25, 0.3) is 0 Å². The molecule has 0 bridgehead atoms. The molecule has 0 aromatic carbocycles. The van der Waals surface area contributed by atoms with Crippen LogP contribution in [0.15, 0.2) is 25.3 Å². The third-order valence-electron chi connectivity index (χ3n) is 0.882. The van der Waals surface area contributed by atoms with Crippen LogP contribution in [-0.2, 0) is 11.4 Å². The van der Waals surface area contributed by atoms with Crippen LogP contribution in [0.4, 0.5) is 0 Å². The second-order valence-corrected chi connectivity index (χ2v) is 2.45. The summed E-state index contributed by atoms with van der Waals surface area (Å²) in [6, 6.07) is 0. The van der Waals surface area contributed by atoms with Crippen LogP contribution in [0.3, 0.4) is 0 Å². The minimum absolute atomic E-state index is 0. The zero-order chi connectivity index (χ0) is 9.98. The van der Waals surface area contributed by atoms with Crippen molar-refractivity contribution in [2.45, 2.75) is 0 Å². The molecule has 4 nitrogen and oxygen atoms in total. The van der Waals surface area contributed by atoms with E-state index >= 15 is 0 Å². The number of likely N-dealkylation sites (N-methyl/N-ethyl adjacent to an activating group) is 1. The van der Waals surface area contributed by atoms with Crippen LogP contribution >= 0.6 is 0 Å². The van der Waals surface area contributed by atoms with E-state index in [0.29, 0.717) is 0 Å². The second-order valence-electron chi connectivity index (χ2n) is 2.02. The van der Waals surface area contributed by atoms with Crippen LogP contribution < -0.4 is 0 Å². The molecule has 5 heteroatoms. The maximum atomic E-state index is 8.56. The smallest absolute Gasteiger partial charge is 0.750 e. The van der Waals surface area contributed by atoms with Crippen LogP contribution in [0.5, 0.6) is 0 Å². The number of hydrogen-bond donors (Lipinski definition) is 1. The Bertz CT molecular complexity index is 141. The van der Waals surface area contributed by atoms with Crippen molar-refractivity contribution in [3.63, 3.8) is 0 Å². The summed E-state index contributed by atoms with van der Waals surface area (Å²) in [7, 11) is 2.03. The third-order valence-corrected chi connectivity index (χ3v) is 0.882. The predicted octanol–water partition coefficient (Wildman–Crippen LogP) is 0.741. The molecule has 0 rings (SSSR count). The van der Waals surface area contributed by atoms with Crippen molar-refractivity contribution in [1.29, 1.82) is 0 Å². The lowest BCUT2D eigenvalue weighted by Gasteiger charge is -2.09. The Kier molecular flexibility index (Phi) is 12.3. The highest BCUT2D eigenvalue weighted by atomic mass is 32.2. The van der Waals surface area contributed by atoms with Crippen molar-refractivity contribution in [1.82, 2.24) is 4.90 Å². The molecule has 0 aliphatic carbocycles. The van der Waals surface area contributed by atoms with Gasteiger partial charge in [-0.3, -0.25) is 4.90 Å². The highest BCUT2D eigenvalue weighted by Crippen LogP contribution is 1.80. The summed E-state index contributed by atoms with van der Waals surface area (Å²) in [6.45, 7) is 9.09. The van der Waals surface area contributed by atoms with Gasteiger partial charge in [0.25, 0.3) is 0 Å². The Morgan fingerprint density at radius 1 is 1.58 bits per heavy atom. The molecule has 0 aliphatic heterocycles. The van der Waals surface area contributed by atoms with Crippen LogP contribution in [0.2, 0.25) is 0 Å². The number of nitrogens with zero attached hydrogens (tertiary/aromatic N) is 1. The van der Waals surface area contributed by atoms with Crippen molar-refractivity contribution < 1.29 is 14.7 Å². The molecule has 0 spiro atoms. The van der Waals surface area contributed by atoms with Gasteiger partial charge in [0.1, 0.15) is 0 Å². The SMILES string of the molecule is C=CCN(C)CC=C.O=S([O-])O.[H+]. The minimum atomic E-state index is -2.86. The van der Waals surface area contributed by atoms with Gasteiger partial charge in [-0.15, -0.1) is 13.2 Å². The molecule has 0 saturated heterocycles. The lowest BCUT2D eigenvalue weighted by Crippen LogP contribution is -2.17. The summed E-state index contributed by atoms with van der Waals surface area (Å²) in [4.78, 5) is 2.12. The first-order chi connectivity index (χ1) is 5.54. The van der Waals surface area contributed by atoms with Crippen molar-refractivity contribution in [3.8, 4) is 0 Å². The fraction of sp³-hybridized carbons (Fsp3) is 0.429. The molecule has 1 N–H and O–H groups in total. The lowest BCUT2D eigenvalue weighted by molar-refractivity contribution is 0.413. The Balaban J connectivity index is -0.000000173. The Hall–Kier alpha value is -0.490. The van der Waals surface area contributed by atoms with E-state index in [-0.39, 0.29) is 1.43 Å². The van der Waals surface area contributed by atoms with E-state index < -0.39 is 11.4 Å². The van der Waals surface area contributed by atoms with Gasteiger partial charge in [-0.05, 0) is 7.05 Å². The first kappa shape index (κ1) is 14.1. The summed E-state index contributed by atoms with van der Waals surface area (Å²) in [5, 5.41) is 0. The van der Waals surface area contributed by atoms with Crippen molar-refractivity contribution in [2.75, 3.05) is 20.1 Å². The normalized spacial score (nSPS) is 11.3. The zero-order valence-electron chi connectivity index (χ0n) is 8.10. The molecule has 0 saturated carbocycles. The van der Waals surface area contributed by atoms with E-state index in [9.17, 15) is 0 Å². The molecule has 12 heavy (non-hydrogen) atoms. The van der Waals surface area contributed by atoms with Gasteiger partial charge < -0.3 is 9.11 Å². The Morgan fingerprint density at radius 3 is 2.00 bits per heavy atom. The summed E-state index contributed by atoms with van der Waals surface area (Å²) in [5.74, 6) is 0. The topological polar surface area (TPSA) is 63.6 Å². The van der Waals surface area contributed by atoms with Crippen molar-refractivity contribution in [2.24, 2.45) is 0 Å². The molecule has 0 aromatic heterocycles. The van der Waals surface area contributed by atoms with Gasteiger partial charge in [0.2, 0.25) is 0 Å². The molecular formula is C7H15NO3S. The maximum absolute atomic E-state index is 8.56. The summed E-state index contributed by atoms with van der Waals surface area (Å²) < 4.78 is 24.1. The van der Waals surface area contributed by atoms with E-state index in [0.717, 1.165) is 13.1 Å². The quantitative estimate of drug-likeness (QED) is 0.528. The summed E-state index contributed by atoms with van der Waals surface area (Å²) >= 11 is -2.86. The van der Waals surface area contributed by atoms with Crippen molar-refractivity contribution in [3.05, 3.63) is 25.3 Å². The molecule has 0 aliphatic rings. The van der Waals surface area contributed by atoms with Gasteiger partial charge in [0.05, 0.1) is 11.4 Å². The average molecular weight is 193 g/mol. The van der Waals surface area contributed by atoms with Gasteiger partial charge in [0, 0.05) is 13.1 Å². The van der Waals surface area contributed by atoms with Gasteiger partial charge in [-0.1, -0.05) is 12.2 Å². The van der Waals surface area contributed by atoms with Gasteiger partial charge >= 0.3 is 1.43 Å². The lowest BCUT2D eigenvalue weighted by atomic mass is 10.5. The second kappa shape index (κ2) is 10.5. The van der Waals surface area contributed by atoms with E-state index in [1.807, 2.05) is 19.2 Å². The van der Waals surface area contributed by atoms with E-state index in [2.05, 4.69) is 18.1 Å². The Labute approximate surface area is 77.2 Å². The van der Waals surface area contributed by atoms with E-state index in [4.69, 9.17) is 13.3 Å². The van der Waals surface area contributed by atoms with Crippen LogP contribution in [-0.4, -0.2) is 38.4 Å². The monoisotopic (exact) mass is 193 g/mol. The van der Waals surface area contributed by atoms with E-state index in [1.54, 1.807) is 0 Å². The molecule has 0 aromatic rings. The summed E-state index contributed by atoms with van der Waals surface area (Å²) in [6.07, 6.45) is 3.76. The fourth-order valence-corrected chi connectivity index (χ4v) is 0.515. The molecule has 72 valence electrons. The van der Waals surface area contributed by atoms with E-state index in [1.165, 1.54) is 0 Å². The highest BCUT2D eigenvalue weighted by molar-refractivity contribution is 7.73. The number of rotatable bonds is 4. The highest BCUT2D eigenvalue weighted by Gasteiger charge is 1.86. The summed E-state index contributed by atoms with van der Waals surface area (Å²) in [5.41, 5.74) is 0. The largest absolute Gasteiger partial charge is 1.00 e. The third kappa shape index (κ3) is 22.7. The van der Waals surface area contributed by atoms with Gasteiger partial charge in [-0.25, -0.2) is 4.21 Å². The minimum Gasteiger partial charge on any atom is -0.750 e. The molecule has 0 amide bonds. The fourth-order valence-electron chi connectivity index (χ4n) is 0.515. The first-order valence-corrected chi connectivity index (χ1v) is 4.26. The Morgan fingerprint density at radius 2 is 1.83 bits per heavy atom. The molecule has 1 atom stereocenters.